The van der Waals surface area contributed by atoms with Crippen LogP contribution >= 0.6 is 11.3 Å². The van der Waals surface area contributed by atoms with Crippen molar-refractivity contribution in [1.82, 2.24) is 5.32 Å². The van der Waals surface area contributed by atoms with Crippen LogP contribution in [0, 0.1) is 0 Å². The van der Waals surface area contributed by atoms with Gasteiger partial charge in [0.25, 0.3) is 0 Å². The van der Waals surface area contributed by atoms with Crippen LogP contribution in [0.2, 0.25) is 0 Å². The highest BCUT2D eigenvalue weighted by atomic mass is 32.1. The van der Waals surface area contributed by atoms with Crippen molar-refractivity contribution in [3.05, 3.63) is 46.2 Å². The SMILES string of the molecule is C[C@@H](NCc1cccc2c1OCCO2)c1cccs1. The van der Waals surface area contributed by atoms with E-state index in [4.69, 9.17) is 9.47 Å². The van der Waals surface area contributed by atoms with E-state index in [1.165, 1.54) is 4.88 Å². The topological polar surface area (TPSA) is 30.5 Å². The Labute approximate surface area is 117 Å². The third-order valence-electron chi connectivity index (χ3n) is 3.22. The van der Waals surface area contributed by atoms with E-state index in [2.05, 4.69) is 35.8 Å². The summed E-state index contributed by atoms with van der Waals surface area (Å²) in [5, 5.41) is 5.63. The fourth-order valence-corrected chi connectivity index (χ4v) is 2.93. The van der Waals surface area contributed by atoms with E-state index in [1.807, 2.05) is 12.1 Å². The Bertz CT molecular complexity index is 539. The van der Waals surface area contributed by atoms with Gasteiger partial charge in [-0.2, -0.15) is 0 Å². The number of rotatable bonds is 4. The second-order valence-electron chi connectivity index (χ2n) is 4.56. The summed E-state index contributed by atoms with van der Waals surface area (Å²) in [6.45, 7) is 4.23. The number of hydrogen-bond donors (Lipinski definition) is 1. The van der Waals surface area contributed by atoms with Crippen molar-refractivity contribution < 1.29 is 9.47 Å². The van der Waals surface area contributed by atoms with E-state index in [9.17, 15) is 0 Å². The van der Waals surface area contributed by atoms with E-state index < -0.39 is 0 Å². The Morgan fingerprint density at radius 3 is 2.95 bits per heavy atom. The molecule has 0 radical (unpaired) electrons. The maximum absolute atomic E-state index is 5.72. The first-order valence-corrected chi connectivity index (χ1v) is 7.37. The number of ether oxygens (including phenoxy) is 2. The van der Waals surface area contributed by atoms with Gasteiger partial charge >= 0.3 is 0 Å². The molecular weight excluding hydrogens is 258 g/mol. The van der Waals surface area contributed by atoms with Crippen molar-refractivity contribution in [1.29, 1.82) is 0 Å². The summed E-state index contributed by atoms with van der Waals surface area (Å²) in [5.41, 5.74) is 1.15. The van der Waals surface area contributed by atoms with E-state index in [0.717, 1.165) is 23.6 Å². The second kappa shape index (κ2) is 5.63. The molecule has 2 heterocycles. The number of thiophene rings is 1. The summed E-state index contributed by atoms with van der Waals surface area (Å²) in [5.74, 6) is 1.74. The fraction of sp³-hybridized carbons (Fsp3) is 0.333. The van der Waals surface area contributed by atoms with Gasteiger partial charge in [0, 0.05) is 23.0 Å². The predicted octanol–water partition coefficient (Wildman–Crippen LogP) is 3.37. The highest BCUT2D eigenvalue weighted by molar-refractivity contribution is 7.10. The molecule has 4 heteroatoms. The number of fused-ring (bicyclic) bond motifs is 1. The lowest BCUT2D eigenvalue weighted by atomic mass is 10.1. The Balaban J connectivity index is 1.70. The summed E-state index contributed by atoms with van der Waals surface area (Å²) in [7, 11) is 0. The minimum Gasteiger partial charge on any atom is -0.486 e. The van der Waals surface area contributed by atoms with Gasteiger partial charge in [-0.15, -0.1) is 11.3 Å². The van der Waals surface area contributed by atoms with E-state index in [1.54, 1.807) is 11.3 Å². The van der Waals surface area contributed by atoms with Crippen molar-refractivity contribution in [3.8, 4) is 11.5 Å². The van der Waals surface area contributed by atoms with Crippen LogP contribution in [0.25, 0.3) is 0 Å². The molecule has 0 aliphatic carbocycles. The van der Waals surface area contributed by atoms with Gasteiger partial charge in [0.15, 0.2) is 11.5 Å². The Morgan fingerprint density at radius 2 is 2.11 bits per heavy atom. The van der Waals surface area contributed by atoms with E-state index in [0.29, 0.717) is 19.3 Å². The summed E-state index contributed by atoms with van der Waals surface area (Å²) >= 11 is 1.78. The summed E-state index contributed by atoms with van der Waals surface area (Å²) in [6, 6.07) is 10.6. The fourth-order valence-electron chi connectivity index (χ4n) is 2.17. The molecule has 0 saturated carbocycles. The molecular formula is C15H17NO2S. The van der Waals surface area contributed by atoms with Crippen LogP contribution in [0.4, 0.5) is 0 Å². The lowest BCUT2D eigenvalue weighted by Gasteiger charge is -2.22. The van der Waals surface area contributed by atoms with Gasteiger partial charge in [-0.25, -0.2) is 0 Å². The molecule has 3 nitrogen and oxygen atoms in total. The van der Waals surface area contributed by atoms with Crippen molar-refractivity contribution in [2.24, 2.45) is 0 Å². The normalized spacial score (nSPS) is 15.2. The first kappa shape index (κ1) is 12.5. The van der Waals surface area contributed by atoms with Gasteiger partial charge in [-0.05, 0) is 24.4 Å². The van der Waals surface area contributed by atoms with Crippen LogP contribution in [-0.4, -0.2) is 13.2 Å². The van der Waals surface area contributed by atoms with Crippen LogP contribution in [0.5, 0.6) is 11.5 Å². The van der Waals surface area contributed by atoms with Gasteiger partial charge < -0.3 is 14.8 Å². The molecule has 1 aromatic heterocycles. The molecule has 1 N–H and O–H groups in total. The molecule has 1 aliphatic rings. The molecule has 3 rings (SSSR count). The van der Waals surface area contributed by atoms with Gasteiger partial charge in [0.1, 0.15) is 13.2 Å². The van der Waals surface area contributed by atoms with Crippen molar-refractivity contribution in [3.63, 3.8) is 0 Å². The highest BCUT2D eigenvalue weighted by Crippen LogP contribution is 2.33. The molecule has 19 heavy (non-hydrogen) atoms. The highest BCUT2D eigenvalue weighted by Gasteiger charge is 2.16. The number of para-hydroxylation sites is 1. The molecule has 0 amide bonds. The predicted molar refractivity (Wildman–Crippen MR) is 77.0 cm³/mol. The number of benzene rings is 1. The molecule has 0 fully saturated rings. The standard InChI is InChI=1S/C15H17NO2S/c1-11(14-6-3-9-19-14)16-10-12-4-2-5-13-15(12)18-8-7-17-13/h2-6,9,11,16H,7-8,10H2,1H3/t11-/m1/s1. The third-order valence-corrected chi connectivity index (χ3v) is 4.27. The largest absolute Gasteiger partial charge is 0.486 e. The van der Waals surface area contributed by atoms with Crippen LogP contribution in [0.15, 0.2) is 35.7 Å². The van der Waals surface area contributed by atoms with Crippen LogP contribution < -0.4 is 14.8 Å². The van der Waals surface area contributed by atoms with Gasteiger partial charge in [0.2, 0.25) is 0 Å². The molecule has 1 atom stereocenters. The molecule has 0 spiro atoms. The van der Waals surface area contributed by atoms with Crippen LogP contribution in [0.1, 0.15) is 23.4 Å². The van der Waals surface area contributed by atoms with Gasteiger partial charge in [0.05, 0.1) is 0 Å². The summed E-state index contributed by atoms with van der Waals surface area (Å²) < 4.78 is 11.3. The quantitative estimate of drug-likeness (QED) is 0.928. The molecule has 1 aliphatic heterocycles. The second-order valence-corrected chi connectivity index (χ2v) is 5.54. The minimum absolute atomic E-state index is 0.348. The van der Waals surface area contributed by atoms with Gasteiger partial charge in [-0.1, -0.05) is 18.2 Å². The molecule has 0 unspecified atom stereocenters. The summed E-state index contributed by atoms with van der Waals surface area (Å²) in [4.78, 5) is 1.35. The molecule has 100 valence electrons. The Kier molecular flexibility index (Phi) is 3.71. The monoisotopic (exact) mass is 275 g/mol. The Hall–Kier alpha value is -1.52. The molecule has 2 aromatic rings. The van der Waals surface area contributed by atoms with Gasteiger partial charge in [-0.3, -0.25) is 0 Å². The van der Waals surface area contributed by atoms with E-state index in [-0.39, 0.29) is 0 Å². The smallest absolute Gasteiger partial charge is 0.165 e. The zero-order valence-electron chi connectivity index (χ0n) is 10.9. The third kappa shape index (κ3) is 2.74. The first-order valence-electron chi connectivity index (χ1n) is 6.49. The maximum atomic E-state index is 5.72. The van der Waals surface area contributed by atoms with Crippen molar-refractivity contribution in [2.75, 3.05) is 13.2 Å². The Morgan fingerprint density at radius 1 is 1.21 bits per heavy atom. The van der Waals surface area contributed by atoms with Crippen molar-refractivity contribution in [2.45, 2.75) is 19.5 Å². The molecule has 0 bridgehead atoms. The number of hydrogen-bond acceptors (Lipinski definition) is 4. The van der Waals surface area contributed by atoms with Crippen LogP contribution in [0.3, 0.4) is 0 Å². The number of nitrogens with one attached hydrogen (secondary N) is 1. The lowest BCUT2D eigenvalue weighted by molar-refractivity contribution is 0.169. The maximum Gasteiger partial charge on any atom is 0.165 e. The lowest BCUT2D eigenvalue weighted by Crippen LogP contribution is -2.20. The minimum atomic E-state index is 0.348. The van der Waals surface area contributed by atoms with Crippen molar-refractivity contribution >= 4 is 11.3 Å². The van der Waals surface area contributed by atoms with Crippen LogP contribution in [-0.2, 0) is 6.54 Å². The molecule has 0 saturated heterocycles. The average molecular weight is 275 g/mol. The summed E-state index contributed by atoms with van der Waals surface area (Å²) in [6.07, 6.45) is 0. The van der Waals surface area contributed by atoms with E-state index >= 15 is 0 Å². The zero-order valence-corrected chi connectivity index (χ0v) is 11.7. The average Bonchev–Trinajstić information content (AvgIpc) is 2.99. The molecule has 1 aromatic carbocycles. The first-order chi connectivity index (χ1) is 9.34. The zero-order chi connectivity index (χ0) is 13.1.